The third kappa shape index (κ3) is 15.1. The first kappa shape index (κ1) is 41.4. The van der Waals surface area contributed by atoms with E-state index in [-0.39, 0.29) is 37.9 Å². The Hall–Kier alpha value is -2.98. The summed E-state index contributed by atoms with van der Waals surface area (Å²) in [5.74, 6) is -0.345. The largest absolute Gasteiger partial charge is 0.465 e. The zero-order valence-electron chi connectivity index (χ0n) is 31.3. The van der Waals surface area contributed by atoms with Crippen LogP contribution in [0.2, 0.25) is 0 Å². The topological polar surface area (TPSA) is 109 Å². The van der Waals surface area contributed by atoms with Crippen LogP contribution in [0.15, 0.2) is 48.5 Å². The van der Waals surface area contributed by atoms with Crippen molar-refractivity contribution in [1.29, 1.82) is 0 Å². The Balaban J connectivity index is 1.71. The van der Waals surface area contributed by atoms with Crippen LogP contribution < -0.4 is 10.6 Å². The molecular formula is C41H65N3O6. The van der Waals surface area contributed by atoms with Gasteiger partial charge >= 0.3 is 12.0 Å². The molecule has 0 spiro atoms. The van der Waals surface area contributed by atoms with E-state index in [4.69, 9.17) is 14.2 Å². The maximum Gasteiger partial charge on any atom is 0.325 e. The Morgan fingerprint density at radius 3 is 1.88 bits per heavy atom. The number of nitrogens with one attached hydrogen (secondary N) is 2. The number of amides is 2. The maximum absolute atomic E-state index is 12.2. The highest BCUT2D eigenvalue weighted by Gasteiger charge is 2.39. The van der Waals surface area contributed by atoms with E-state index in [1.165, 1.54) is 77.0 Å². The molecule has 1 aliphatic heterocycles. The molecule has 2 amide bonds. The molecule has 280 valence electrons. The average Bonchev–Trinajstić information content (AvgIpc) is 3.13. The second-order valence-corrected chi connectivity index (χ2v) is 13.7. The Morgan fingerprint density at radius 2 is 1.30 bits per heavy atom. The summed E-state index contributed by atoms with van der Waals surface area (Å²) in [6.45, 7) is 12.0. The van der Waals surface area contributed by atoms with Crippen molar-refractivity contribution >= 4 is 12.0 Å². The first-order valence-corrected chi connectivity index (χ1v) is 19.4. The van der Waals surface area contributed by atoms with Gasteiger partial charge in [-0.05, 0) is 49.5 Å². The van der Waals surface area contributed by atoms with E-state index < -0.39 is 18.3 Å². The molecule has 9 heteroatoms. The summed E-state index contributed by atoms with van der Waals surface area (Å²) in [7, 11) is 0. The molecule has 4 unspecified atom stereocenters. The van der Waals surface area contributed by atoms with Crippen molar-refractivity contribution < 1.29 is 28.9 Å². The van der Waals surface area contributed by atoms with Crippen molar-refractivity contribution in [3.63, 3.8) is 0 Å². The smallest absolute Gasteiger partial charge is 0.325 e. The zero-order chi connectivity index (χ0) is 36.0. The van der Waals surface area contributed by atoms with E-state index in [0.717, 1.165) is 41.9 Å². The number of carbonyl (C=O) groups is 2. The molecule has 0 aromatic heterocycles. The molecule has 0 saturated carbocycles. The fraction of sp³-hybridized carbons (Fsp3) is 0.659. The molecule has 9 nitrogen and oxygen atoms in total. The number of nitrogens with zero attached hydrogens (tertiary/aromatic N) is 1. The van der Waals surface area contributed by atoms with Gasteiger partial charge < -0.3 is 34.9 Å². The van der Waals surface area contributed by atoms with Gasteiger partial charge in [0.05, 0.1) is 25.4 Å². The maximum atomic E-state index is 12.2. The van der Waals surface area contributed by atoms with Crippen LogP contribution in [-0.2, 0) is 32.2 Å². The van der Waals surface area contributed by atoms with Crippen LogP contribution in [0.5, 0.6) is 0 Å². The van der Waals surface area contributed by atoms with Crippen LogP contribution in [-0.4, -0.2) is 60.9 Å². The van der Waals surface area contributed by atoms with Gasteiger partial charge in [0, 0.05) is 24.6 Å². The molecule has 2 aromatic carbocycles. The van der Waals surface area contributed by atoms with Gasteiger partial charge in [-0.2, -0.15) is 0 Å². The first-order chi connectivity index (χ1) is 24.4. The number of benzene rings is 2. The number of ether oxygens (including phenoxy) is 3. The van der Waals surface area contributed by atoms with Gasteiger partial charge in [-0.25, -0.2) is 4.79 Å². The standard InChI is InChI=1S/C41H65N3O6/c1-5-8-10-12-14-16-26-44(27-17-15-13-11-9-6-2)30-37-32(4)39(35-22-20-34(31-45)21-23-35)50-40(49-37)36-24-18-33(19-25-36)28-42-41(47)43-29-38(46)48-7-3/h18-25,32,37,39-40,45H,5-17,26-31H2,1-4H3,(H2,42,43,47). The lowest BCUT2D eigenvalue weighted by atomic mass is 9.90. The van der Waals surface area contributed by atoms with Gasteiger partial charge in [-0.15, -0.1) is 0 Å². The summed E-state index contributed by atoms with van der Waals surface area (Å²) in [6.07, 6.45) is 14.7. The second-order valence-electron chi connectivity index (χ2n) is 13.7. The Kier molecular flexibility index (Phi) is 20.1. The van der Waals surface area contributed by atoms with E-state index in [1.54, 1.807) is 6.92 Å². The molecule has 1 heterocycles. The highest BCUT2D eigenvalue weighted by molar-refractivity contribution is 5.80. The quantitative estimate of drug-likeness (QED) is 0.0748. The summed E-state index contributed by atoms with van der Waals surface area (Å²) in [6, 6.07) is 15.6. The van der Waals surface area contributed by atoms with Gasteiger partial charge in [0.1, 0.15) is 6.54 Å². The van der Waals surface area contributed by atoms with Crippen LogP contribution in [0, 0.1) is 5.92 Å². The van der Waals surface area contributed by atoms with Crippen molar-refractivity contribution in [2.24, 2.45) is 5.92 Å². The highest BCUT2D eigenvalue weighted by Crippen LogP contribution is 2.42. The van der Waals surface area contributed by atoms with Crippen molar-refractivity contribution in [2.45, 2.75) is 136 Å². The van der Waals surface area contributed by atoms with Crippen LogP contribution in [0.25, 0.3) is 0 Å². The molecule has 0 bridgehead atoms. The zero-order valence-corrected chi connectivity index (χ0v) is 31.3. The predicted octanol–water partition coefficient (Wildman–Crippen LogP) is 8.36. The molecule has 1 fully saturated rings. The second kappa shape index (κ2) is 24.2. The van der Waals surface area contributed by atoms with Gasteiger partial charge in [0.25, 0.3) is 0 Å². The molecule has 3 N–H and O–H groups in total. The van der Waals surface area contributed by atoms with Crippen molar-refractivity contribution in [1.82, 2.24) is 15.5 Å². The number of rotatable bonds is 24. The molecule has 1 saturated heterocycles. The van der Waals surface area contributed by atoms with Gasteiger partial charge in [-0.3, -0.25) is 4.79 Å². The lowest BCUT2D eigenvalue weighted by Gasteiger charge is -2.43. The molecule has 50 heavy (non-hydrogen) atoms. The number of aliphatic hydroxyl groups is 1. The Labute approximate surface area is 301 Å². The third-order valence-corrected chi connectivity index (χ3v) is 9.62. The normalized spacial score (nSPS) is 19.0. The van der Waals surface area contributed by atoms with Crippen LogP contribution in [0.1, 0.15) is 139 Å². The van der Waals surface area contributed by atoms with Crippen molar-refractivity contribution in [3.05, 3.63) is 70.8 Å². The van der Waals surface area contributed by atoms with Crippen LogP contribution in [0.4, 0.5) is 4.79 Å². The number of urea groups is 1. The molecule has 4 atom stereocenters. The number of hydrogen-bond donors (Lipinski definition) is 3. The Morgan fingerprint density at radius 1 is 0.740 bits per heavy atom. The lowest BCUT2D eigenvalue weighted by Crippen LogP contribution is -2.45. The van der Waals surface area contributed by atoms with E-state index in [0.29, 0.717) is 6.54 Å². The number of aliphatic hydroxyl groups excluding tert-OH is 1. The predicted molar refractivity (Wildman–Crippen MR) is 199 cm³/mol. The minimum Gasteiger partial charge on any atom is -0.465 e. The fourth-order valence-electron chi connectivity index (χ4n) is 6.51. The molecule has 0 radical (unpaired) electrons. The van der Waals surface area contributed by atoms with E-state index in [2.05, 4.69) is 48.4 Å². The third-order valence-electron chi connectivity index (χ3n) is 9.62. The van der Waals surface area contributed by atoms with Gasteiger partial charge in [-0.1, -0.05) is 134 Å². The summed E-state index contributed by atoms with van der Waals surface area (Å²) in [5, 5.41) is 14.9. The SMILES string of the molecule is CCCCCCCCN(CCCCCCCC)CC1OC(c2ccc(CNC(=O)NCC(=O)OCC)cc2)OC(c2ccc(CO)cc2)C1C. The number of esters is 1. The number of carbonyl (C=O) groups excluding carboxylic acids is 2. The van der Waals surface area contributed by atoms with E-state index in [9.17, 15) is 14.7 Å². The van der Waals surface area contributed by atoms with Crippen LogP contribution in [0.3, 0.4) is 0 Å². The molecule has 1 aliphatic rings. The number of hydrogen-bond acceptors (Lipinski definition) is 7. The molecule has 2 aromatic rings. The molecule has 3 rings (SSSR count). The lowest BCUT2D eigenvalue weighted by molar-refractivity contribution is -0.276. The van der Waals surface area contributed by atoms with Crippen molar-refractivity contribution in [3.8, 4) is 0 Å². The minimum absolute atomic E-state index is 0.00975. The van der Waals surface area contributed by atoms with Crippen molar-refractivity contribution in [2.75, 3.05) is 32.8 Å². The minimum atomic E-state index is -0.543. The fourth-order valence-corrected chi connectivity index (χ4v) is 6.51. The summed E-state index contributed by atoms with van der Waals surface area (Å²) >= 11 is 0. The summed E-state index contributed by atoms with van der Waals surface area (Å²) in [5.41, 5.74) is 3.80. The highest BCUT2D eigenvalue weighted by atomic mass is 16.7. The first-order valence-electron chi connectivity index (χ1n) is 19.4. The van der Waals surface area contributed by atoms with E-state index in [1.807, 2.05) is 36.4 Å². The van der Waals surface area contributed by atoms with Gasteiger partial charge in [0.2, 0.25) is 0 Å². The van der Waals surface area contributed by atoms with Crippen LogP contribution >= 0.6 is 0 Å². The summed E-state index contributed by atoms with van der Waals surface area (Å²) in [4.78, 5) is 26.3. The number of unbranched alkanes of at least 4 members (excludes halogenated alkanes) is 10. The molecular weight excluding hydrogens is 630 g/mol. The Bertz CT molecular complexity index is 1190. The molecule has 0 aliphatic carbocycles. The summed E-state index contributed by atoms with van der Waals surface area (Å²) < 4.78 is 18.4. The average molecular weight is 696 g/mol. The van der Waals surface area contributed by atoms with E-state index >= 15 is 0 Å². The monoisotopic (exact) mass is 695 g/mol. The van der Waals surface area contributed by atoms with Gasteiger partial charge in [0.15, 0.2) is 6.29 Å².